The normalized spacial score (nSPS) is 10.9. The van der Waals surface area contributed by atoms with Crippen molar-refractivity contribution >= 4 is 33.3 Å². The average molecular weight is 437 g/mol. The number of fused-ring (bicyclic) bond motifs is 1. The van der Waals surface area contributed by atoms with Gasteiger partial charge in [-0.05, 0) is 42.8 Å². The number of para-hydroxylation sites is 1. The molecule has 7 heteroatoms. The minimum absolute atomic E-state index is 0.218. The Balaban J connectivity index is 1.41. The molecule has 1 N–H and O–H groups in total. The lowest BCUT2D eigenvalue weighted by Gasteiger charge is -2.06. The second-order valence-corrected chi connectivity index (χ2v) is 7.92. The van der Waals surface area contributed by atoms with Crippen LogP contribution in [-0.2, 0) is 0 Å². The highest BCUT2D eigenvalue weighted by molar-refractivity contribution is 7.14. The second kappa shape index (κ2) is 9.66. The first-order valence-corrected chi connectivity index (χ1v) is 11.1. The van der Waals surface area contributed by atoms with E-state index in [4.69, 9.17) is 13.9 Å². The molecule has 0 unspecified atom stereocenters. The maximum absolute atomic E-state index is 12.6. The SMILES string of the molecule is CCCCCOc1ccc(C(=O)Nc2nc(-c3cc4cccc(OC)c4o3)cs2)cc1. The number of unbranched alkanes of at least 4 members (excludes halogenated alkanes) is 2. The quantitative estimate of drug-likeness (QED) is 0.308. The summed E-state index contributed by atoms with van der Waals surface area (Å²) in [6.07, 6.45) is 3.34. The lowest BCUT2D eigenvalue weighted by atomic mass is 10.2. The van der Waals surface area contributed by atoms with Crippen LogP contribution in [-0.4, -0.2) is 24.6 Å². The first-order chi connectivity index (χ1) is 15.2. The summed E-state index contributed by atoms with van der Waals surface area (Å²) in [5, 5.41) is 6.14. The molecule has 2 heterocycles. The molecule has 0 fully saturated rings. The van der Waals surface area contributed by atoms with Gasteiger partial charge < -0.3 is 13.9 Å². The van der Waals surface area contributed by atoms with Crippen LogP contribution in [0.15, 0.2) is 58.3 Å². The molecule has 0 atom stereocenters. The number of anilines is 1. The highest BCUT2D eigenvalue weighted by Crippen LogP contribution is 2.34. The molecule has 0 spiro atoms. The predicted octanol–water partition coefficient (Wildman–Crippen LogP) is 6.39. The number of furan rings is 1. The van der Waals surface area contributed by atoms with Crippen LogP contribution in [0.25, 0.3) is 22.4 Å². The molecular weight excluding hydrogens is 412 g/mol. The van der Waals surface area contributed by atoms with E-state index in [0.717, 1.165) is 30.4 Å². The number of rotatable bonds is 9. The van der Waals surface area contributed by atoms with Gasteiger partial charge in [-0.2, -0.15) is 0 Å². The number of amides is 1. The van der Waals surface area contributed by atoms with E-state index in [2.05, 4.69) is 17.2 Å². The number of methoxy groups -OCH3 is 1. The van der Waals surface area contributed by atoms with E-state index in [0.29, 0.717) is 40.1 Å². The summed E-state index contributed by atoms with van der Waals surface area (Å²) in [6.45, 7) is 2.85. The summed E-state index contributed by atoms with van der Waals surface area (Å²) in [4.78, 5) is 17.1. The average Bonchev–Trinajstić information content (AvgIpc) is 3.43. The molecule has 4 aromatic rings. The molecule has 0 aliphatic rings. The monoisotopic (exact) mass is 436 g/mol. The summed E-state index contributed by atoms with van der Waals surface area (Å²) in [5.74, 6) is 1.85. The van der Waals surface area contributed by atoms with Gasteiger partial charge in [0.15, 0.2) is 22.2 Å². The number of carbonyl (C=O) groups is 1. The van der Waals surface area contributed by atoms with Crippen molar-refractivity contribution in [1.29, 1.82) is 0 Å². The molecule has 4 rings (SSSR count). The molecule has 1 amide bonds. The van der Waals surface area contributed by atoms with Crippen LogP contribution in [0.5, 0.6) is 11.5 Å². The summed E-state index contributed by atoms with van der Waals surface area (Å²) < 4.78 is 17.0. The summed E-state index contributed by atoms with van der Waals surface area (Å²) >= 11 is 1.35. The molecule has 160 valence electrons. The van der Waals surface area contributed by atoms with E-state index >= 15 is 0 Å². The van der Waals surface area contributed by atoms with E-state index < -0.39 is 0 Å². The number of nitrogens with zero attached hydrogens (tertiary/aromatic N) is 1. The van der Waals surface area contributed by atoms with Gasteiger partial charge in [-0.1, -0.05) is 31.9 Å². The zero-order chi connectivity index (χ0) is 21.6. The molecule has 0 aliphatic carbocycles. The first-order valence-electron chi connectivity index (χ1n) is 10.2. The fourth-order valence-corrected chi connectivity index (χ4v) is 3.88. The van der Waals surface area contributed by atoms with Crippen molar-refractivity contribution in [3.05, 3.63) is 59.5 Å². The van der Waals surface area contributed by atoms with Crippen LogP contribution < -0.4 is 14.8 Å². The number of carbonyl (C=O) groups excluding carboxylic acids is 1. The van der Waals surface area contributed by atoms with E-state index in [1.165, 1.54) is 11.3 Å². The van der Waals surface area contributed by atoms with Gasteiger partial charge in [0.25, 0.3) is 5.91 Å². The van der Waals surface area contributed by atoms with Gasteiger partial charge in [0, 0.05) is 16.3 Å². The number of thiazole rings is 1. The molecule has 0 radical (unpaired) electrons. The molecule has 2 aromatic carbocycles. The van der Waals surface area contributed by atoms with Gasteiger partial charge in [-0.3, -0.25) is 10.1 Å². The topological polar surface area (TPSA) is 73.6 Å². The number of benzene rings is 2. The predicted molar refractivity (Wildman–Crippen MR) is 123 cm³/mol. The van der Waals surface area contributed by atoms with E-state index in [1.807, 2.05) is 41.8 Å². The Morgan fingerprint density at radius 3 is 2.77 bits per heavy atom. The zero-order valence-electron chi connectivity index (χ0n) is 17.5. The van der Waals surface area contributed by atoms with Crippen molar-refractivity contribution in [2.45, 2.75) is 26.2 Å². The summed E-state index contributed by atoms with van der Waals surface area (Å²) in [6, 6.07) is 14.8. The van der Waals surface area contributed by atoms with Crippen molar-refractivity contribution in [3.63, 3.8) is 0 Å². The maximum atomic E-state index is 12.6. The molecule has 31 heavy (non-hydrogen) atoms. The number of aromatic nitrogens is 1. The summed E-state index contributed by atoms with van der Waals surface area (Å²) in [7, 11) is 1.61. The number of ether oxygens (including phenoxy) is 2. The Morgan fingerprint density at radius 1 is 1.16 bits per heavy atom. The van der Waals surface area contributed by atoms with Gasteiger partial charge in [-0.25, -0.2) is 4.98 Å². The Bertz CT molecular complexity index is 1160. The molecule has 0 saturated heterocycles. The second-order valence-electron chi connectivity index (χ2n) is 7.06. The fourth-order valence-electron chi connectivity index (χ4n) is 3.18. The van der Waals surface area contributed by atoms with Gasteiger partial charge in [0.2, 0.25) is 0 Å². The van der Waals surface area contributed by atoms with Gasteiger partial charge >= 0.3 is 0 Å². The van der Waals surface area contributed by atoms with Crippen molar-refractivity contribution < 1.29 is 18.7 Å². The standard InChI is InChI=1S/C24H24N2O4S/c1-3-4-5-13-29-18-11-9-16(10-12-18)23(27)26-24-25-19(15-31-24)21-14-17-7-6-8-20(28-2)22(17)30-21/h6-12,14-15H,3-5,13H2,1-2H3,(H,25,26,27). The molecule has 0 saturated carbocycles. The zero-order valence-corrected chi connectivity index (χ0v) is 18.3. The molecule has 2 aromatic heterocycles. The number of hydrogen-bond donors (Lipinski definition) is 1. The maximum Gasteiger partial charge on any atom is 0.257 e. The lowest BCUT2D eigenvalue weighted by Crippen LogP contribution is -2.11. The van der Waals surface area contributed by atoms with Crippen molar-refractivity contribution in [2.75, 3.05) is 19.0 Å². The fraction of sp³-hybridized carbons (Fsp3) is 0.250. The highest BCUT2D eigenvalue weighted by Gasteiger charge is 2.14. The third-order valence-corrected chi connectivity index (χ3v) is 5.60. The van der Waals surface area contributed by atoms with Crippen molar-refractivity contribution in [1.82, 2.24) is 4.98 Å². The van der Waals surface area contributed by atoms with Crippen molar-refractivity contribution in [3.8, 4) is 23.0 Å². The van der Waals surface area contributed by atoms with E-state index in [-0.39, 0.29) is 5.91 Å². The Kier molecular flexibility index (Phi) is 6.52. The smallest absolute Gasteiger partial charge is 0.257 e. The highest BCUT2D eigenvalue weighted by atomic mass is 32.1. The molecule has 0 aliphatic heterocycles. The Hall–Kier alpha value is -3.32. The molecule has 6 nitrogen and oxygen atoms in total. The molecule has 0 bridgehead atoms. The van der Waals surface area contributed by atoms with Gasteiger partial charge in [0.1, 0.15) is 11.4 Å². The van der Waals surface area contributed by atoms with Crippen LogP contribution >= 0.6 is 11.3 Å². The van der Waals surface area contributed by atoms with Gasteiger partial charge in [0.05, 0.1) is 13.7 Å². The van der Waals surface area contributed by atoms with Crippen LogP contribution in [0.1, 0.15) is 36.5 Å². The van der Waals surface area contributed by atoms with E-state index in [1.54, 1.807) is 19.2 Å². The first kappa shape index (κ1) is 20.9. The Morgan fingerprint density at radius 2 is 2.00 bits per heavy atom. The number of nitrogens with one attached hydrogen (secondary N) is 1. The minimum atomic E-state index is -0.218. The van der Waals surface area contributed by atoms with E-state index in [9.17, 15) is 4.79 Å². The third-order valence-electron chi connectivity index (χ3n) is 4.84. The molecular formula is C24H24N2O4S. The minimum Gasteiger partial charge on any atom is -0.494 e. The summed E-state index contributed by atoms with van der Waals surface area (Å²) in [5.41, 5.74) is 1.89. The third kappa shape index (κ3) is 4.88. The van der Waals surface area contributed by atoms with Gasteiger partial charge in [-0.15, -0.1) is 11.3 Å². The number of hydrogen-bond acceptors (Lipinski definition) is 6. The Labute approximate surface area is 184 Å². The van der Waals surface area contributed by atoms with Crippen LogP contribution in [0, 0.1) is 0 Å². The van der Waals surface area contributed by atoms with Crippen molar-refractivity contribution in [2.24, 2.45) is 0 Å². The largest absolute Gasteiger partial charge is 0.494 e. The van der Waals surface area contributed by atoms with Crippen LogP contribution in [0.2, 0.25) is 0 Å². The van der Waals surface area contributed by atoms with Crippen LogP contribution in [0.4, 0.5) is 5.13 Å². The lowest BCUT2D eigenvalue weighted by molar-refractivity contribution is 0.102. The van der Waals surface area contributed by atoms with Crippen LogP contribution in [0.3, 0.4) is 0 Å².